The molecular weight excluding hydrogens is 398 g/mol. The van der Waals surface area contributed by atoms with Crippen molar-refractivity contribution in [3.8, 4) is 0 Å². The fourth-order valence-electron chi connectivity index (χ4n) is 2.25. The summed E-state index contributed by atoms with van der Waals surface area (Å²) in [6, 6.07) is 3.74. The van der Waals surface area contributed by atoms with Gasteiger partial charge < -0.3 is 15.0 Å². The summed E-state index contributed by atoms with van der Waals surface area (Å²) in [5.41, 5.74) is 4.20. The number of hydrogen-bond acceptors (Lipinski definition) is 8. The van der Waals surface area contributed by atoms with Crippen LogP contribution in [-0.2, 0) is 4.74 Å². The third-order valence-electron chi connectivity index (χ3n) is 3.54. The van der Waals surface area contributed by atoms with E-state index in [-0.39, 0.29) is 5.95 Å². The van der Waals surface area contributed by atoms with Crippen LogP contribution < -0.4 is 21.5 Å². The van der Waals surface area contributed by atoms with Crippen LogP contribution in [0.3, 0.4) is 0 Å². The number of nitrogens with two attached hydrogens (primary N) is 1. The Kier molecular flexibility index (Phi) is 5.34. The van der Waals surface area contributed by atoms with E-state index in [1.54, 1.807) is 0 Å². The monoisotopic (exact) mass is 413 g/mol. The van der Waals surface area contributed by atoms with E-state index in [0.717, 1.165) is 15.7 Å². The molecule has 8 nitrogen and oxygen atoms in total. The van der Waals surface area contributed by atoms with Crippen molar-refractivity contribution in [1.82, 2.24) is 15.0 Å². The summed E-state index contributed by atoms with van der Waals surface area (Å²) in [6.45, 7) is 4.64. The van der Waals surface area contributed by atoms with Gasteiger partial charge in [-0.25, -0.2) is 5.84 Å². The molecule has 0 radical (unpaired) electrons. The van der Waals surface area contributed by atoms with Crippen LogP contribution in [0.25, 0.3) is 0 Å². The van der Waals surface area contributed by atoms with Crippen LogP contribution in [0.5, 0.6) is 0 Å². The molecule has 0 saturated carbocycles. The van der Waals surface area contributed by atoms with Crippen LogP contribution in [-0.4, -0.2) is 41.3 Å². The third-order valence-corrected chi connectivity index (χ3v) is 4.60. The van der Waals surface area contributed by atoms with E-state index in [9.17, 15) is 0 Å². The second-order valence-corrected chi connectivity index (χ2v) is 6.49. The molecule has 10 heteroatoms. The number of hydrogen-bond donors (Lipinski definition) is 3. The molecule has 2 heterocycles. The lowest BCUT2D eigenvalue weighted by molar-refractivity contribution is 0.122. The maximum atomic E-state index is 6.20. The topological polar surface area (TPSA) is 101 Å². The second kappa shape index (κ2) is 7.47. The van der Waals surface area contributed by atoms with Crippen LogP contribution in [0.4, 0.5) is 23.5 Å². The minimum Gasteiger partial charge on any atom is -0.378 e. The molecule has 1 aliphatic heterocycles. The lowest BCUT2D eigenvalue weighted by Crippen LogP contribution is -2.37. The summed E-state index contributed by atoms with van der Waals surface area (Å²) in [5, 5.41) is 3.80. The van der Waals surface area contributed by atoms with Crippen molar-refractivity contribution in [3.05, 3.63) is 27.2 Å². The van der Waals surface area contributed by atoms with E-state index in [2.05, 4.69) is 41.6 Å². The molecule has 1 fully saturated rings. The molecular formula is C14H17BrClN7O. The Morgan fingerprint density at radius 2 is 1.92 bits per heavy atom. The Bertz CT molecular complexity index is 739. The highest BCUT2D eigenvalue weighted by molar-refractivity contribution is 9.10. The van der Waals surface area contributed by atoms with E-state index in [4.69, 9.17) is 22.2 Å². The molecule has 0 unspecified atom stereocenters. The fraction of sp³-hybridized carbons (Fsp3) is 0.357. The molecule has 0 amide bonds. The van der Waals surface area contributed by atoms with E-state index in [0.29, 0.717) is 43.2 Å². The summed E-state index contributed by atoms with van der Waals surface area (Å²) in [5.74, 6) is 6.68. The largest absolute Gasteiger partial charge is 0.378 e. The van der Waals surface area contributed by atoms with Gasteiger partial charge in [0.15, 0.2) is 0 Å². The summed E-state index contributed by atoms with van der Waals surface area (Å²) in [4.78, 5) is 15.0. The number of aryl methyl sites for hydroxylation is 1. The van der Waals surface area contributed by atoms with Crippen molar-refractivity contribution >= 4 is 51.1 Å². The molecule has 1 aromatic carbocycles. The first kappa shape index (κ1) is 17.2. The second-order valence-electron chi connectivity index (χ2n) is 5.23. The first-order valence-electron chi connectivity index (χ1n) is 7.35. The number of nitrogens with zero attached hydrogens (tertiary/aromatic N) is 4. The predicted octanol–water partition coefficient (Wildman–Crippen LogP) is 2.46. The van der Waals surface area contributed by atoms with Crippen LogP contribution in [0.2, 0.25) is 5.02 Å². The van der Waals surface area contributed by atoms with E-state index < -0.39 is 0 Å². The van der Waals surface area contributed by atoms with Gasteiger partial charge in [-0.15, -0.1) is 0 Å². The van der Waals surface area contributed by atoms with Gasteiger partial charge in [0, 0.05) is 22.6 Å². The number of benzene rings is 1. The fourth-order valence-corrected chi connectivity index (χ4v) is 2.97. The number of halogens is 2. The van der Waals surface area contributed by atoms with Crippen LogP contribution in [0, 0.1) is 6.92 Å². The number of morpholine rings is 1. The van der Waals surface area contributed by atoms with Gasteiger partial charge in [-0.2, -0.15) is 15.0 Å². The van der Waals surface area contributed by atoms with E-state index in [1.807, 2.05) is 24.0 Å². The average molecular weight is 415 g/mol. The van der Waals surface area contributed by atoms with Crippen molar-refractivity contribution in [3.63, 3.8) is 0 Å². The van der Waals surface area contributed by atoms with Crippen molar-refractivity contribution in [2.45, 2.75) is 6.92 Å². The molecule has 0 spiro atoms. The van der Waals surface area contributed by atoms with Gasteiger partial charge in [0.1, 0.15) is 0 Å². The number of ether oxygens (including phenoxy) is 1. The van der Waals surface area contributed by atoms with Crippen LogP contribution >= 0.6 is 27.5 Å². The van der Waals surface area contributed by atoms with Gasteiger partial charge in [-0.3, -0.25) is 5.43 Å². The molecule has 0 aliphatic carbocycles. The minimum atomic E-state index is 0.281. The van der Waals surface area contributed by atoms with Gasteiger partial charge in [0.25, 0.3) is 0 Å². The van der Waals surface area contributed by atoms with Gasteiger partial charge in [0.2, 0.25) is 17.8 Å². The number of hydrazine groups is 1. The molecule has 0 bridgehead atoms. The number of nitrogen functional groups attached to an aromatic ring is 1. The normalized spacial score (nSPS) is 14.6. The van der Waals surface area contributed by atoms with Gasteiger partial charge >= 0.3 is 0 Å². The van der Waals surface area contributed by atoms with E-state index >= 15 is 0 Å². The smallest absolute Gasteiger partial charge is 0.243 e. The van der Waals surface area contributed by atoms with Crippen LogP contribution in [0.15, 0.2) is 16.6 Å². The minimum absolute atomic E-state index is 0.281. The summed E-state index contributed by atoms with van der Waals surface area (Å²) < 4.78 is 6.22. The molecule has 1 saturated heterocycles. The van der Waals surface area contributed by atoms with Gasteiger partial charge in [-0.1, -0.05) is 11.6 Å². The average Bonchev–Trinajstić information content (AvgIpc) is 2.60. The summed E-state index contributed by atoms with van der Waals surface area (Å²) in [7, 11) is 0. The highest BCUT2D eigenvalue weighted by Crippen LogP contribution is 2.31. The van der Waals surface area contributed by atoms with E-state index in [1.165, 1.54) is 0 Å². The third kappa shape index (κ3) is 3.86. The van der Waals surface area contributed by atoms with Crippen molar-refractivity contribution < 1.29 is 4.74 Å². The van der Waals surface area contributed by atoms with Crippen molar-refractivity contribution in [2.24, 2.45) is 5.84 Å². The summed E-state index contributed by atoms with van der Waals surface area (Å²) in [6.07, 6.45) is 0. The molecule has 1 aromatic heterocycles. The number of nitrogens with one attached hydrogen (secondary N) is 2. The maximum Gasteiger partial charge on any atom is 0.243 e. The zero-order valence-corrected chi connectivity index (χ0v) is 15.4. The summed E-state index contributed by atoms with van der Waals surface area (Å²) >= 11 is 9.71. The molecule has 3 rings (SSSR count). The Morgan fingerprint density at radius 1 is 1.21 bits per heavy atom. The lowest BCUT2D eigenvalue weighted by Gasteiger charge is -2.27. The highest BCUT2D eigenvalue weighted by atomic mass is 79.9. The molecule has 128 valence electrons. The van der Waals surface area contributed by atoms with Crippen molar-refractivity contribution in [2.75, 3.05) is 41.9 Å². The SMILES string of the molecule is Cc1cc(Br)c(Nc2nc(NN)nc(N3CCOCC3)n2)cc1Cl. The molecule has 2 aromatic rings. The highest BCUT2D eigenvalue weighted by Gasteiger charge is 2.17. The molecule has 4 N–H and O–H groups in total. The standard InChI is InChI=1S/C14H17BrClN7O/c1-8-6-9(15)11(7-10(8)16)18-12-19-13(22-17)21-14(20-12)23-2-4-24-5-3-23/h6-7H,2-5,17H2,1H3,(H2,18,19,20,21,22). The zero-order valence-electron chi connectivity index (χ0n) is 13.0. The van der Waals surface area contributed by atoms with Gasteiger partial charge in [-0.05, 0) is 40.5 Å². The van der Waals surface area contributed by atoms with Gasteiger partial charge in [0.05, 0.1) is 18.9 Å². The molecule has 0 atom stereocenters. The first-order chi connectivity index (χ1) is 11.6. The first-order valence-corrected chi connectivity index (χ1v) is 8.52. The zero-order chi connectivity index (χ0) is 17.1. The number of aromatic nitrogens is 3. The lowest BCUT2D eigenvalue weighted by atomic mass is 10.2. The Hall–Kier alpha value is -1.68. The Balaban J connectivity index is 1.91. The Labute approximate surface area is 152 Å². The number of rotatable bonds is 4. The van der Waals surface area contributed by atoms with Crippen LogP contribution in [0.1, 0.15) is 5.56 Å². The number of anilines is 4. The molecule has 24 heavy (non-hydrogen) atoms. The maximum absolute atomic E-state index is 6.20. The quantitative estimate of drug-likeness (QED) is 0.518. The Morgan fingerprint density at radius 3 is 2.62 bits per heavy atom. The predicted molar refractivity (Wildman–Crippen MR) is 97.8 cm³/mol. The molecule has 1 aliphatic rings. The van der Waals surface area contributed by atoms with Crippen molar-refractivity contribution in [1.29, 1.82) is 0 Å².